The van der Waals surface area contributed by atoms with Crippen LogP contribution in [0.1, 0.15) is 44.4 Å². The van der Waals surface area contributed by atoms with E-state index < -0.39 is 10.0 Å². The highest BCUT2D eigenvalue weighted by atomic mass is 32.2. The normalized spacial score (nSPS) is 16.0. The zero-order chi connectivity index (χ0) is 22.1. The van der Waals surface area contributed by atoms with E-state index in [0.29, 0.717) is 18.9 Å². The topological polar surface area (TPSA) is 101 Å². The summed E-state index contributed by atoms with van der Waals surface area (Å²) < 4.78 is 38.2. The monoisotopic (exact) mass is 449 g/mol. The Morgan fingerprint density at radius 2 is 1.90 bits per heavy atom. The van der Waals surface area contributed by atoms with Crippen molar-refractivity contribution in [2.75, 3.05) is 32.8 Å². The van der Waals surface area contributed by atoms with E-state index in [1.54, 1.807) is 18.4 Å². The van der Waals surface area contributed by atoms with Crippen molar-refractivity contribution in [1.29, 1.82) is 0 Å². The molecule has 0 radical (unpaired) electrons. The third kappa shape index (κ3) is 6.81. The minimum atomic E-state index is -3.68. The van der Waals surface area contributed by atoms with Gasteiger partial charge in [-0.3, -0.25) is 9.69 Å². The Labute approximate surface area is 184 Å². The molecule has 0 bridgehead atoms. The predicted octanol–water partition coefficient (Wildman–Crippen LogP) is 2.69. The first-order chi connectivity index (χ1) is 15.0. The fraction of sp³-hybridized carbons (Fsp3) is 0.500. The second-order valence-electron chi connectivity index (χ2n) is 7.48. The Morgan fingerprint density at radius 1 is 1.16 bits per heavy atom. The molecular formula is C22H31N3O5S. The number of rotatable bonds is 11. The van der Waals surface area contributed by atoms with Gasteiger partial charge in [-0.15, -0.1) is 0 Å². The van der Waals surface area contributed by atoms with E-state index in [1.807, 2.05) is 19.1 Å². The van der Waals surface area contributed by atoms with E-state index in [9.17, 15) is 13.2 Å². The van der Waals surface area contributed by atoms with E-state index >= 15 is 0 Å². The van der Waals surface area contributed by atoms with Crippen LogP contribution in [-0.2, 0) is 14.8 Å². The van der Waals surface area contributed by atoms with Crippen molar-refractivity contribution in [3.8, 4) is 5.75 Å². The molecule has 1 saturated heterocycles. The van der Waals surface area contributed by atoms with E-state index in [2.05, 4.69) is 14.9 Å². The molecule has 9 heteroatoms. The molecule has 2 aromatic rings. The lowest BCUT2D eigenvalue weighted by atomic mass is 10.1. The van der Waals surface area contributed by atoms with Crippen molar-refractivity contribution < 1.29 is 22.4 Å². The smallest absolute Gasteiger partial charge is 0.240 e. The molecule has 1 aliphatic rings. The minimum absolute atomic E-state index is 0.0141. The second-order valence-corrected chi connectivity index (χ2v) is 9.25. The maximum atomic E-state index is 12.4. The molecule has 2 heterocycles. The van der Waals surface area contributed by atoms with Crippen LogP contribution < -0.4 is 14.8 Å². The van der Waals surface area contributed by atoms with Crippen molar-refractivity contribution >= 4 is 15.9 Å². The highest BCUT2D eigenvalue weighted by Gasteiger charge is 2.25. The average Bonchev–Trinajstić information content (AvgIpc) is 3.30. The summed E-state index contributed by atoms with van der Waals surface area (Å²) in [5.41, 5.74) is 0. The summed E-state index contributed by atoms with van der Waals surface area (Å²) in [6.45, 7) is 4.78. The van der Waals surface area contributed by atoms with Gasteiger partial charge in [0.2, 0.25) is 15.9 Å². The fourth-order valence-corrected chi connectivity index (χ4v) is 4.72. The van der Waals surface area contributed by atoms with Crippen LogP contribution in [0.15, 0.2) is 52.0 Å². The van der Waals surface area contributed by atoms with Crippen molar-refractivity contribution in [3.63, 3.8) is 0 Å². The van der Waals surface area contributed by atoms with Gasteiger partial charge >= 0.3 is 0 Å². The molecule has 1 fully saturated rings. The second kappa shape index (κ2) is 11.3. The van der Waals surface area contributed by atoms with E-state index in [-0.39, 0.29) is 29.8 Å². The zero-order valence-corrected chi connectivity index (χ0v) is 18.7. The molecule has 1 amide bonds. The molecule has 0 saturated carbocycles. The van der Waals surface area contributed by atoms with Gasteiger partial charge in [-0.05, 0) is 69.3 Å². The van der Waals surface area contributed by atoms with Gasteiger partial charge in [0.1, 0.15) is 11.5 Å². The first-order valence-corrected chi connectivity index (χ1v) is 12.2. The number of nitrogens with zero attached hydrogens (tertiary/aromatic N) is 1. The Hall–Kier alpha value is -2.36. The highest BCUT2D eigenvalue weighted by Crippen LogP contribution is 2.24. The molecule has 31 heavy (non-hydrogen) atoms. The molecule has 2 N–H and O–H groups in total. The van der Waals surface area contributed by atoms with Gasteiger partial charge in [-0.1, -0.05) is 6.42 Å². The van der Waals surface area contributed by atoms with Gasteiger partial charge < -0.3 is 14.5 Å². The van der Waals surface area contributed by atoms with Gasteiger partial charge in [0.25, 0.3) is 0 Å². The molecule has 8 nitrogen and oxygen atoms in total. The molecule has 170 valence electrons. The first kappa shape index (κ1) is 23.3. The standard InChI is InChI=1S/C22H31N3O5S/c1-2-29-18-8-10-19(11-9-18)31(27,28)24-13-12-22(26)23-17-20(21-7-6-16-30-21)25-14-4-3-5-15-25/h6-11,16,20,24H,2-5,12-15,17H2,1H3,(H,23,26)/t20-/m1/s1. The number of furan rings is 1. The molecule has 0 unspecified atom stereocenters. The molecule has 0 spiro atoms. The summed E-state index contributed by atoms with van der Waals surface area (Å²) in [7, 11) is -3.68. The van der Waals surface area contributed by atoms with Crippen LogP contribution >= 0.6 is 0 Å². The van der Waals surface area contributed by atoms with Crippen LogP contribution in [-0.4, -0.2) is 52.0 Å². The molecule has 1 aliphatic heterocycles. The van der Waals surface area contributed by atoms with Crippen molar-refractivity contribution in [2.24, 2.45) is 0 Å². The number of nitrogens with one attached hydrogen (secondary N) is 2. The summed E-state index contributed by atoms with van der Waals surface area (Å²) in [5.74, 6) is 1.24. The molecule has 1 aromatic heterocycles. The van der Waals surface area contributed by atoms with Crippen LogP contribution in [0.3, 0.4) is 0 Å². The number of benzene rings is 1. The lowest BCUT2D eigenvalue weighted by Gasteiger charge is -2.33. The van der Waals surface area contributed by atoms with Gasteiger partial charge in [0.15, 0.2) is 0 Å². The van der Waals surface area contributed by atoms with Crippen molar-refractivity contribution in [2.45, 2.75) is 43.5 Å². The minimum Gasteiger partial charge on any atom is -0.494 e. The molecular weight excluding hydrogens is 418 g/mol. The maximum Gasteiger partial charge on any atom is 0.240 e. The van der Waals surface area contributed by atoms with Gasteiger partial charge in [-0.25, -0.2) is 13.1 Å². The van der Waals surface area contributed by atoms with Crippen LogP contribution in [0.4, 0.5) is 0 Å². The van der Waals surface area contributed by atoms with E-state index in [4.69, 9.17) is 9.15 Å². The number of carbonyl (C=O) groups is 1. The fourth-order valence-electron chi connectivity index (χ4n) is 3.68. The summed E-state index contributed by atoms with van der Waals surface area (Å²) >= 11 is 0. The third-order valence-electron chi connectivity index (χ3n) is 5.28. The SMILES string of the molecule is CCOc1ccc(S(=O)(=O)NCCC(=O)NC[C@H](c2ccco2)N2CCCCC2)cc1. The molecule has 1 atom stereocenters. The third-order valence-corrected chi connectivity index (χ3v) is 6.76. The number of piperidine rings is 1. The van der Waals surface area contributed by atoms with Crippen LogP contribution in [0.2, 0.25) is 0 Å². The molecule has 0 aliphatic carbocycles. The molecule has 3 rings (SSSR count). The lowest BCUT2D eigenvalue weighted by Crippen LogP contribution is -2.41. The number of ether oxygens (including phenoxy) is 1. The number of hydrogen-bond acceptors (Lipinski definition) is 6. The Bertz CT molecular complexity index is 907. The molecule has 1 aromatic carbocycles. The number of sulfonamides is 1. The van der Waals surface area contributed by atoms with Crippen LogP contribution in [0.5, 0.6) is 5.75 Å². The Morgan fingerprint density at radius 3 is 2.55 bits per heavy atom. The zero-order valence-electron chi connectivity index (χ0n) is 17.9. The number of hydrogen-bond donors (Lipinski definition) is 2. The van der Waals surface area contributed by atoms with Gasteiger partial charge in [0.05, 0.1) is 23.8 Å². The van der Waals surface area contributed by atoms with Crippen molar-refractivity contribution in [1.82, 2.24) is 14.9 Å². The largest absolute Gasteiger partial charge is 0.494 e. The first-order valence-electron chi connectivity index (χ1n) is 10.8. The van der Waals surface area contributed by atoms with Crippen molar-refractivity contribution in [3.05, 3.63) is 48.4 Å². The Kier molecular flexibility index (Phi) is 8.51. The summed E-state index contributed by atoms with van der Waals surface area (Å²) in [5, 5.41) is 2.92. The summed E-state index contributed by atoms with van der Waals surface area (Å²) in [6, 6.07) is 9.96. The Balaban J connectivity index is 1.47. The highest BCUT2D eigenvalue weighted by molar-refractivity contribution is 7.89. The summed E-state index contributed by atoms with van der Waals surface area (Å²) in [4.78, 5) is 14.8. The number of amides is 1. The van der Waals surface area contributed by atoms with Crippen LogP contribution in [0.25, 0.3) is 0 Å². The van der Waals surface area contributed by atoms with Gasteiger partial charge in [0, 0.05) is 19.5 Å². The van der Waals surface area contributed by atoms with Crippen LogP contribution in [0, 0.1) is 0 Å². The van der Waals surface area contributed by atoms with E-state index in [0.717, 1.165) is 31.7 Å². The predicted molar refractivity (Wildman–Crippen MR) is 117 cm³/mol. The maximum absolute atomic E-state index is 12.4. The number of likely N-dealkylation sites (tertiary alicyclic amines) is 1. The van der Waals surface area contributed by atoms with E-state index in [1.165, 1.54) is 18.6 Å². The average molecular weight is 450 g/mol. The number of carbonyl (C=O) groups excluding carboxylic acids is 1. The van der Waals surface area contributed by atoms with Gasteiger partial charge in [-0.2, -0.15) is 0 Å². The summed E-state index contributed by atoms with van der Waals surface area (Å²) in [6.07, 6.45) is 5.20. The quantitative estimate of drug-likeness (QED) is 0.547. The lowest BCUT2D eigenvalue weighted by molar-refractivity contribution is -0.121.